The smallest absolute Gasteiger partial charge is 0.396 e. The third-order valence-electron chi connectivity index (χ3n) is 1.80. The van der Waals surface area contributed by atoms with Crippen molar-refractivity contribution in [2.45, 2.75) is 0 Å². The van der Waals surface area contributed by atoms with Crippen molar-refractivity contribution in [3.05, 3.63) is 16.0 Å². The standard InChI is InChI=1S/C9H7Cl2N3O5/c1-18-8(16)3-6(13-5(11)4(10)12-3)14-7(15)9(17)19-2/h1-2H3,(H,13,14,15). The molecule has 0 fully saturated rings. The number of amides is 1. The maximum atomic E-state index is 11.4. The van der Waals surface area contributed by atoms with Crippen molar-refractivity contribution < 1.29 is 23.9 Å². The van der Waals surface area contributed by atoms with Gasteiger partial charge in [0.15, 0.2) is 21.8 Å². The summed E-state index contributed by atoms with van der Waals surface area (Å²) >= 11 is 11.2. The molecule has 1 N–H and O–H groups in total. The molecule has 10 heteroatoms. The topological polar surface area (TPSA) is 107 Å². The Kier molecular flexibility index (Phi) is 5.02. The molecule has 0 aliphatic rings. The lowest BCUT2D eigenvalue weighted by atomic mass is 10.4. The number of nitrogens with zero attached hydrogens (tertiary/aromatic N) is 2. The minimum Gasteiger partial charge on any atom is -0.464 e. The summed E-state index contributed by atoms with van der Waals surface area (Å²) in [6, 6.07) is 0. The number of nitrogens with one attached hydrogen (secondary N) is 1. The molecule has 0 saturated carbocycles. The fourth-order valence-corrected chi connectivity index (χ4v) is 1.23. The Balaban J connectivity index is 3.18. The summed E-state index contributed by atoms with van der Waals surface area (Å²) in [5.74, 6) is -3.60. The maximum Gasteiger partial charge on any atom is 0.396 e. The van der Waals surface area contributed by atoms with Crippen molar-refractivity contribution in [2.24, 2.45) is 0 Å². The number of anilines is 1. The Morgan fingerprint density at radius 3 is 2.16 bits per heavy atom. The predicted octanol–water partition coefficient (Wildman–Crippen LogP) is 0.681. The molecule has 1 heterocycles. The van der Waals surface area contributed by atoms with Crippen LogP contribution in [0.1, 0.15) is 10.5 Å². The molecule has 1 aromatic heterocycles. The minimum absolute atomic E-state index is 0.252. The van der Waals surface area contributed by atoms with Gasteiger partial charge in [-0.25, -0.2) is 19.6 Å². The zero-order chi connectivity index (χ0) is 14.6. The molecule has 102 valence electrons. The second kappa shape index (κ2) is 6.30. The van der Waals surface area contributed by atoms with Gasteiger partial charge in [-0.3, -0.25) is 10.1 Å². The lowest BCUT2D eigenvalue weighted by Crippen LogP contribution is -2.26. The molecule has 0 saturated heterocycles. The van der Waals surface area contributed by atoms with Crippen LogP contribution in [0.2, 0.25) is 10.3 Å². The minimum atomic E-state index is -1.18. The highest BCUT2D eigenvalue weighted by atomic mass is 35.5. The zero-order valence-electron chi connectivity index (χ0n) is 9.69. The van der Waals surface area contributed by atoms with Crippen molar-refractivity contribution in [1.82, 2.24) is 9.97 Å². The van der Waals surface area contributed by atoms with E-state index in [9.17, 15) is 14.4 Å². The highest BCUT2D eigenvalue weighted by Crippen LogP contribution is 2.22. The average Bonchev–Trinajstić information content (AvgIpc) is 2.40. The van der Waals surface area contributed by atoms with Gasteiger partial charge < -0.3 is 9.47 Å². The number of esters is 2. The molecule has 1 amide bonds. The van der Waals surface area contributed by atoms with Crippen LogP contribution in [0.5, 0.6) is 0 Å². The second-order valence-electron chi connectivity index (χ2n) is 2.94. The van der Waals surface area contributed by atoms with Crippen LogP contribution >= 0.6 is 23.2 Å². The van der Waals surface area contributed by atoms with E-state index in [0.717, 1.165) is 14.2 Å². The Morgan fingerprint density at radius 2 is 1.63 bits per heavy atom. The van der Waals surface area contributed by atoms with Crippen molar-refractivity contribution >= 4 is 46.9 Å². The van der Waals surface area contributed by atoms with E-state index in [4.69, 9.17) is 23.2 Å². The monoisotopic (exact) mass is 307 g/mol. The van der Waals surface area contributed by atoms with Crippen molar-refractivity contribution in [1.29, 1.82) is 0 Å². The van der Waals surface area contributed by atoms with Gasteiger partial charge in [-0.1, -0.05) is 23.2 Å². The first-order valence-electron chi connectivity index (χ1n) is 4.61. The van der Waals surface area contributed by atoms with Crippen molar-refractivity contribution in [3.63, 3.8) is 0 Å². The van der Waals surface area contributed by atoms with Crippen LogP contribution in [-0.2, 0) is 19.1 Å². The lowest BCUT2D eigenvalue weighted by Gasteiger charge is -2.08. The largest absolute Gasteiger partial charge is 0.464 e. The number of halogens is 2. The third-order valence-corrected chi connectivity index (χ3v) is 2.42. The summed E-state index contributed by atoms with van der Waals surface area (Å²) < 4.78 is 8.62. The van der Waals surface area contributed by atoms with Crippen LogP contribution in [0.25, 0.3) is 0 Å². The third kappa shape index (κ3) is 3.52. The second-order valence-corrected chi connectivity index (χ2v) is 3.66. The number of hydrogen-bond acceptors (Lipinski definition) is 7. The van der Waals surface area contributed by atoms with Gasteiger partial charge in [-0.2, -0.15) is 0 Å². The summed E-state index contributed by atoms with van der Waals surface area (Å²) in [5.41, 5.74) is -0.394. The van der Waals surface area contributed by atoms with E-state index in [2.05, 4.69) is 19.4 Å². The van der Waals surface area contributed by atoms with Gasteiger partial charge in [0.2, 0.25) is 0 Å². The lowest BCUT2D eigenvalue weighted by molar-refractivity contribution is -0.150. The number of rotatable bonds is 2. The molecule has 0 aliphatic heterocycles. The van der Waals surface area contributed by atoms with Crippen LogP contribution in [0.3, 0.4) is 0 Å². The maximum absolute atomic E-state index is 11.4. The van der Waals surface area contributed by atoms with E-state index in [0.29, 0.717) is 0 Å². The highest BCUT2D eigenvalue weighted by molar-refractivity contribution is 6.41. The summed E-state index contributed by atoms with van der Waals surface area (Å²) in [4.78, 5) is 40.9. The summed E-state index contributed by atoms with van der Waals surface area (Å²) in [6.45, 7) is 0. The van der Waals surface area contributed by atoms with E-state index < -0.39 is 23.5 Å². The highest BCUT2D eigenvalue weighted by Gasteiger charge is 2.23. The number of carbonyl (C=O) groups is 3. The van der Waals surface area contributed by atoms with Crippen molar-refractivity contribution in [3.8, 4) is 0 Å². The SMILES string of the molecule is COC(=O)C(=O)Nc1nc(Cl)c(Cl)nc1C(=O)OC. The quantitative estimate of drug-likeness (QED) is 0.632. The zero-order valence-corrected chi connectivity index (χ0v) is 11.2. The molecule has 0 atom stereocenters. The average molecular weight is 308 g/mol. The first-order chi connectivity index (χ1) is 8.90. The first-order valence-corrected chi connectivity index (χ1v) is 5.37. The van der Waals surface area contributed by atoms with Crippen LogP contribution in [0.15, 0.2) is 0 Å². The van der Waals surface area contributed by atoms with Gasteiger partial charge in [-0.05, 0) is 0 Å². The van der Waals surface area contributed by atoms with Crippen molar-refractivity contribution in [2.75, 3.05) is 19.5 Å². The summed E-state index contributed by atoms with van der Waals surface area (Å²) in [6.07, 6.45) is 0. The van der Waals surface area contributed by atoms with E-state index in [1.807, 2.05) is 5.32 Å². The Labute approximate surface area is 117 Å². The molecule has 0 aliphatic carbocycles. The number of aromatic nitrogens is 2. The van der Waals surface area contributed by atoms with Gasteiger partial charge in [0.05, 0.1) is 14.2 Å². The number of methoxy groups -OCH3 is 2. The van der Waals surface area contributed by atoms with Gasteiger partial charge in [-0.15, -0.1) is 0 Å². The molecular weight excluding hydrogens is 301 g/mol. The predicted molar refractivity (Wildman–Crippen MR) is 64.0 cm³/mol. The molecule has 0 unspecified atom stereocenters. The van der Waals surface area contributed by atoms with Crippen LogP contribution in [-0.4, -0.2) is 42.0 Å². The van der Waals surface area contributed by atoms with Gasteiger partial charge >= 0.3 is 17.8 Å². The molecule has 1 aromatic rings. The normalized spacial score (nSPS) is 9.68. The Hall–Kier alpha value is -1.93. The molecule has 0 bridgehead atoms. The van der Waals surface area contributed by atoms with Crippen LogP contribution in [0.4, 0.5) is 5.82 Å². The van der Waals surface area contributed by atoms with Gasteiger partial charge in [0, 0.05) is 0 Å². The fourth-order valence-electron chi connectivity index (χ4n) is 0.972. The molecule has 19 heavy (non-hydrogen) atoms. The molecule has 0 aromatic carbocycles. The van der Waals surface area contributed by atoms with E-state index >= 15 is 0 Å². The van der Waals surface area contributed by atoms with Crippen LogP contribution in [0, 0.1) is 0 Å². The molecule has 8 nitrogen and oxygen atoms in total. The number of ether oxygens (including phenoxy) is 2. The molecule has 0 radical (unpaired) electrons. The van der Waals surface area contributed by atoms with Gasteiger partial charge in [0.1, 0.15) is 0 Å². The first kappa shape index (κ1) is 15.1. The number of hydrogen-bond donors (Lipinski definition) is 1. The van der Waals surface area contributed by atoms with Gasteiger partial charge in [0.25, 0.3) is 0 Å². The van der Waals surface area contributed by atoms with E-state index in [-0.39, 0.29) is 16.1 Å². The Morgan fingerprint density at radius 1 is 1.05 bits per heavy atom. The fraction of sp³-hybridized carbons (Fsp3) is 0.222. The molecular formula is C9H7Cl2N3O5. The Bertz CT molecular complexity index is 549. The number of carbonyl (C=O) groups excluding carboxylic acids is 3. The summed E-state index contributed by atoms with van der Waals surface area (Å²) in [5, 5.41) is 1.51. The molecule has 0 spiro atoms. The van der Waals surface area contributed by atoms with E-state index in [1.165, 1.54) is 0 Å². The summed E-state index contributed by atoms with van der Waals surface area (Å²) in [7, 11) is 2.11. The van der Waals surface area contributed by atoms with Crippen LogP contribution < -0.4 is 5.32 Å². The molecule has 1 rings (SSSR count). The van der Waals surface area contributed by atoms with E-state index in [1.54, 1.807) is 0 Å².